The van der Waals surface area contributed by atoms with Gasteiger partial charge in [0, 0.05) is 19.1 Å². The minimum Gasteiger partial charge on any atom is -0.300 e. The van der Waals surface area contributed by atoms with Gasteiger partial charge in [0.1, 0.15) is 0 Å². The lowest BCUT2D eigenvalue weighted by Crippen LogP contribution is -2.28. The van der Waals surface area contributed by atoms with Gasteiger partial charge in [-0.15, -0.1) is 0 Å². The molecule has 1 aliphatic heterocycles. The molecule has 1 aliphatic rings. The zero-order valence-corrected chi connectivity index (χ0v) is 20.4. The van der Waals surface area contributed by atoms with Crippen LogP contribution in [0.5, 0.6) is 0 Å². The van der Waals surface area contributed by atoms with Gasteiger partial charge in [-0.05, 0) is 79.3 Å². The summed E-state index contributed by atoms with van der Waals surface area (Å²) in [6.45, 7) is 4.42. The highest BCUT2D eigenvalue weighted by Gasteiger charge is 2.30. The molecule has 0 aromatic heterocycles. The van der Waals surface area contributed by atoms with E-state index in [1.54, 1.807) is 12.1 Å². The number of hydrogen-bond donors (Lipinski definition) is 1. The second kappa shape index (κ2) is 10.5. The van der Waals surface area contributed by atoms with Crippen LogP contribution in [0.2, 0.25) is 0 Å². The SMILES string of the molecule is C[C@@H]1CCCN1CCc1ccc(-c2ccc(S(=O)(=O)NCc3ccc(C(F)(F)F)cc3)cc2)cc1. The van der Waals surface area contributed by atoms with Crippen LogP contribution in [-0.4, -0.2) is 32.4 Å². The van der Waals surface area contributed by atoms with Gasteiger partial charge in [0.25, 0.3) is 0 Å². The minimum absolute atomic E-state index is 0.0973. The van der Waals surface area contributed by atoms with Crippen molar-refractivity contribution in [3.05, 3.63) is 89.5 Å². The molecule has 1 heterocycles. The molecule has 4 rings (SSSR count). The third-order valence-electron chi connectivity index (χ3n) is 6.58. The van der Waals surface area contributed by atoms with Gasteiger partial charge in [0.2, 0.25) is 10.0 Å². The normalized spacial score (nSPS) is 17.1. The minimum atomic E-state index is -4.42. The Morgan fingerprint density at radius 1 is 0.886 bits per heavy atom. The first-order valence-corrected chi connectivity index (χ1v) is 13.2. The number of sulfonamides is 1. The second-order valence-corrected chi connectivity index (χ2v) is 10.8. The summed E-state index contributed by atoms with van der Waals surface area (Å²) in [4.78, 5) is 2.63. The van der Waals surface area contributed by atoms with Crippen LogP contribution in [0.4, 0.5) is 13.2 Å². The van der Waals surface area contributed by atoms with Crippen molar-refractivity contribution >= 4 is 10.0 Å². The third kappa shape index (κ3) is 6.51. The van der Waals surface area contributed by atoms with E-state index in [9.17, 15) is 21.6 Å². The van der Waals surface area contributed by atoms with Gasteiger partial charge >= 0.3 is 6.18 Å². The van der Waals surface area contributed by atoms with Crippen LogP contribution < -0.4 is 4.72 Å². The fourth-order valence-corrected chi connectivity index (χ4v) is 5.38. The van der Waals surface area contributed by atoms with Gasteiger partial charge in [0.05, 0.1) is 10.5 Å². The van der Waals surface area contributed by atoms with Gasteiger partial charge in [-0.1, -0.05) is 48.5 Å². The zero-order valence-electron chi connectivity index (χ0n) is 19.6. The summed E-state index contributed by atoms with van der Waals surface area (Å²) in [6, 6.07) is 20.0. The molecule has 1 atom stereocenters. The maximum atomic E-state index is 12.7. The van der Waals surface area contributed by atoms with E-state index in [2.05, 4.69) is 40.8 Å². The van der Waals surface area contributed by atoms with Crippen LogP contribution in [0.25, 0.3) is 11.1 Å². The molecule has 0 radical (unpaired) electrons. The number of alkyl halides is 3. The highest BCUT2D eigenvalue weighted by molar-refractivity contribution is 7.89. The topological polar surface area (TPSA) is 49.4 Å². The number of rotatable bonds is 8. The molecular formula is C27H29F3N2O2S. The molecule has 1 fully saturated rings. The highest BCUT2D eigenvalue weighted by atomic mass is 32.2. The Labute approximate surface area is 204 Å². The fourth-order valence-electron chi connectivity index (χ4n) is 4.36. The number of benzene rings is 3. The van der Waals surface area contributed by atoms with E-state index in [1.165, 1.54) is 49.2 Å². The number of likely N-dealkylation sites (tertiary alicyclic amines) is 1. The zero-order chi connectivity index (χ0) is 25.1. The Balaban J connectivity index is 1.35. The molecule has 0 aliphatic carbocycles. The quantitative estimate of drug-likeness (QED) is 0.419. The summed E-state index contributed by atoms with van der Waals surface area (Å²) >= 11 is 0. The maximum Gasteiger partial charge on any atom is 0.416 e. The van der Waals surface area contributed by atoms with E-state index >= 15 is 0 Å². The Bertz CT molecular complexity index is 1220. The first kappa shape index (κ1) is 25.4. The average molecular weight is 503 g/mol. The fraction of sp³-hybridized carbons (Fsp3) is 0.333. The van der Waals surface area contributed by atoms with E-state index in [0.29, 0.717) is 11.6 Å². The van der Waals surface area contributed by atoms with Crippen LogP contribution in [-0.2, 0) is 29.2 Å². The van der Waals surface area contributed by atoms with E-state index in [4.69, 9.17) is 0 Å². The Hall–Kier alpha value is -2.68. The lowest BCUT2D eigenvalue weighted by Gasteiger charge is -2.20. The second-order valence-electron chi connectivity index (χ2n) is 9.02. The first-order valence-electron chi connectivity index (χ1n) is 11.7. The lowest BCUT2D eigenvalue weighted by molar-refractivity contribution is -0.137. The molecule has 0 spiro atoms. The van der Waals surface area contributed by atoms with Crippen LogP contribution >= 0.6 is 0 Å². The highest BCUT2D eigenvalue weighted by Crippen LogP contribution is 2.29. The first-order chi connectivity index (χ1) is 16.6. The predicted molar refractivity (Wildman–Crippen MR) is 131 cm³/mol. The van der Waals surface area contributed by atoms with E-state index in [0.717, 1.165) is 36.2 Å². The molecule has 0 saturated carbocycles. The summed E-state index contributed by atoms with van der Waals surface area (Å²) < 4.78 is 65.8. The van der Waals surface area contributed by atoms with Crippen LogP contribution in [0.3, 0.4) is 0 Å². The average Bonchev–Trinajstić information content (AvgIpc) is 3.26. The molecule has 3 aromatic carbocycles. The van der Waals surface area contributed by atoms with Crippen molar-refractivity contribution in [1.82, 2.24) is 9.62 Å². The number of nitrogens with one attached hydrogen (secondary N) is 1. The van der Waals surface area contributed by atoms with Crippen molar-refractivity contribution < 1.29 is 21.6 Å². The van der Waals surface area contributed by atoms with Crippen LogP contribution in [0, 0.1) is 0 Å². The predicted octanol–water partition coefficient (Wildman–Crippen LogP) is 5.88. The molecule has 1 saturated heterocycles. The van der Waals surface area contributed by atoms with Crippen molar-refractivity contribution in [2.75, 3.05) is 13.1 Å². The molecule has 186 valence electrons. The molecule has 35 heavy (non-hydrogen) atoms. The van der Waals surface area contributed by atoms with Gasteiger partial charge in [0.15, 0.2) is 0 Å². The molecular weight excluding hydrogens is 473 g/mol. The largest absolute Gasteiger partial charge is 0.416 e. The maximum absolute atomic E-state index is 12.7. The molecule has 3 aromatic rings. The van der Waals surface area contributed by atoms with Crippen molar-refractivity contribution in [2.45, 2.75) is 49.8 Å². The number of halogens is 3. The molecule has 8 heteroatoms. The summed E-state index contributed by atoms with van der Waals surface area (Å²) in [5, 5.41) is 0. The number of hydrogen-bond acceptors (Lipinski definition) is 3. The van der Waals surface area contributed by atoms with Crippen LogP contribution in [0.1, 0.15) is 36.5 Å². The monoisotopic (exact) mass is 502 g/mol. The molecule has 0 amide bonds. The summed E-state index contributed by atoms with van der Waals surface area (Å²) in [6.07, 6.45) is -0.871. The van der Waals surface area contributed by atoms with Crippen LogP contribution in [0.15, 0.2) is 77.7 Å². The van der Waals surface area contributed by atoms with E-state index in [1.807, 2.05) is 0 Å². The summed E-state index contributed by atoms with van der Waals surface area (Å²) in [5.74, 6) is 0. The van der Waals surface area contributed by atoms with Crippen molar-refractivity contribution in [2.24, 2.45) is 0 Å². The van der Waals surface area contributed by atoms with Gasteiger partial charge in [-0.3, -0.25) is 0 Å². The van der Waals surface area contributed by atoms with Gasteiger partial charge < -0.3 is 4.90 Å². The van der Waals surface area contributed by atoms with E-state index in [-0.39, 0.29) is 11.4 Å². The Morgan fingerprint density at radius 3 is 2.00 bits per heavy atom. The summed E-state index contributed by atoms with van der Waals surface area (Å²) in [7, 11) is -3.80. The molecule has 1 N–H and O–H groups in total. The van der Waals surface area contributed by atoms with Crippen molar-refractivity contribution in [1.29, 1.82) is 0 Å². The molecule has 0 bridgehead atoms. The standard InChI is InChI=1S/C27H29F3N2O2S/c1-20-3-2-17-32(20)18-16-21-4-8-23(9-5-21)24-10-14-26(15-11-24)35(33,34)31-19-22-6-12-25(13-7-22)27(28,29)30/h4-15,20,31H,2-3,16-19H2,1H3/t20-/m1/s1. The molecule has 4 nitrogen and oxygen atoms in total. The number of nitrogens with zero attached hydrogens (tertiary/aromatic N) is 1. The van der Waals surface area contributed by atoms with E-state index < -0.39 is 21.8 Å². The third-order valence-corrected chi connectivity index (χ3v) is 7.99. The van der Waals surface area contributed by atoms with Crippen molar-refractivity contribution in [3.8, 4) is 11.1 Å². The van der Waals surface area contributed by atoms with Crippen molar-refractivity contribution in [3.63, 3.8) is 0 Å². The van der Waals surface area contributed by atoms with Gasteiger partial charge in [-0.2, -0.15) is 13.2 Å². The summed E-state index contributed by atoms with van der Waals surface area (Å²) in [5.41, 5.74) is 2.86. The van der Waals surface area contributed by atoms with Gasteiger partial charge in [-0.25, -0.2) is 13.1 Å². The lowest BCUT2D eigenvalue weighted by atomic mass is 10.0. The molecule has 0 unspecified atom stereocenters. The Kier molecular flexibility index (Phi) is 7.64. The smallest absolute Gasteiger partial charge is 0.300 e. The Morgan fingerprint density at radius 2 is 1.46 bits per heavy atom.